The second-order valence-electron chi connectivity index (χ2n) is 6.69. The zero-order valence-corrected chi connectivity index (χ0v) is 14.9. The first-order chi connectivity index (χ1) is 11.8. The van der Waals surface area contributed by atoms with Crippen molar-refractivity contribution in [1.82, 2.24) is 4.90 Å². The van der Waals surface area contributed by atoms with Crippen LogP contribution in [0.3, 0.4) is 0 Å². The average molecular weight is 366 g/mol. The highest BCUT2D eigenvalue weighted by Crippen LogP contribution is 2.31. The highest BCUT2D eigenvalue weighted by Gasteiger charge is 2.24. The number of benzene rings is 2. The molecule has 0 fully saturated rings. The topological polar surface area (TPSA) is 49.4 Å². The highest BCUT2D eigenvalue weighted by atomic mass is 32.2. The third kappa shape index (κ3) is 3.82. The number of hydrogen-bond donors (Lipinski definition) is 1. The molecule has 4 nitrogen and oxygen atoms in total. The summed E-state index contributed by atoms with van der Waals surface area (Å²) in [5.74, 6) is -1.76. The van der Waals surface area contributed by atoms with Crippen molar-refractivity contribution in [2.75, 3.05) is 11.3 Å². The maximum atomic E-state index is 13.4. The summed E-state index contributed by atoms with van der Waals surface area (Å²) >= 11 is 0. The van der Waals surface area contributed by atoms with Crippen LogP contribution in [0.1, 0.15) is 25.0 Å². The van der Waals surface area contributed by atoms with Gasteiger partial charge in [-0.2, -0.15) is 0 Å². The van der Waals surface area contributed by atoms with Gasteiger partial charge in [-0.25, -0.2) is 17.2 Å². The quantitative estimate of drug-likeness (QED) is 0.877. The molecule has 0 atom stereocenters. The van der Waals surface area contributed by atoms with Crippen LogP contribution in [0.4, 0.5) is 14.5 Å². The summed E-state index contributed by atoms with van der Waals surface area (Å²) in [7, 11) is -3.99. The van der Waals surface area contributed by atoms with E-state index in [1.807, 2.05) is 6.07 Å². The van der Waals surface area contributed by atoms with Crippen molar-refractivity contribution < 1.29 is 17.2 Å². The molecule has 0 spiro atoms. The maximum Gasteiger partial charge on any atom is 0.262 e. The number of halogens is 2. The Kier molecular flexibility index (Phi) is 4.79. The Morgan fingerprint density at radius 1 is 1.12 bits per heavy atom. The molecular formula is C18H20F2N2O2S. The molecule has 0 saturated heterocycles. The molecular weight excluding hydrogens is 346 g/mol. The van der Waals surface area contributed by atoms with E-state index in [1.54, 1.807) is 12.1 Å². The minimum absolute atomic E-state index is 0.305. The minimum atomic E-state index is -3.99. The fourth-order valence-corrected chi connectivity index (χ4v) is 4.18. The standard InChI is InChI=1S/C18H20F2N2O2S/c1-12(2)9-22-10-13-4-3-5-18(15(13)11-22)21-25(23,24)14-6-7-16(19)17(20)8-14/h3-8,12,21H,9-11H2,1-2H3. The van der Waals surface area contributed by atoms with Gasteiger partial charge in [-0.15, -0.1) is 0 Å². The monoisotopic (exact) mass is 366 g/mol. The number of nitrogens with zero attached hydrogens (tertiary/aromatic N) is 1. The Balaban J connectivity index is 1.87. The van der Waals surface area contributed by atoms with E-state index in [2.05, 4.69) is 23.5 Å². The number of fused-ring (bicyclic) bond motifs is 1. The summed E-state index contributed by atoms with van der Waals surface area (Å²) in [5.41, 5.74) is 2.48. The lowest BCUT2D eigenvalue weighted by molar-refractivity contribution is 0.251. The molecule has 25 heavy (non-hydrogen) atoms. The molecule has 7 heteroatoms. The number of sulfonamides is 1. The lowest BCUT2D eigenvalue weighted by Crippen LogP contribution is -2.21. The number of rotatable bonds is 5. The van der Waals surface area contributed by atoms with Crippen molar-refractivity contribution in [3.63, 3.8) is 0 Å². The summed E-state index contributed by atoms with van der Waals surface area (Å²) < 4.78 is 53.9. The molecule has 0 unspecified atom stereocenters. The van der Waals surface area contributed by atoms with Crippen LogP contribution < -0.4 is 4.72 Å². The van der Waals surface area contributed by atoms with Gasteiger partial charge in [0.05, 0.1) is 10.6 Å². The van der Waals surface area contributed by atoms with Gasteiger partial charge >= 0.3 is 0 Å². The van der Waals surface area contributed by atoms with Gasteiger partial charge in [-0.3, -0.25) is 9.62 Å². The Morgan fingerprint density at radius 3 is 2.56 bits per heavy atom. The lowest BCUT2D eigenvalue weighted by atomic mass is 10.1. The largest absolute Gasteiger partial charge is 0.294 e. The number of hydrogen-bond acceptors (Lipinski definition) is 3. The van der Waals surface area contributed by atoms with Crippen molar-refractivity contribution in [1.29, 1.82) is 0 Å². The van der Waals surface area contributed by atoms with E-state index in [0.717, 1.165) is 36.3 Å². The van der Waals surface area contributed by atoms with Crippen molar-refractivity contribution in [3.8, 4) is 0 Å². The molecule has 0 saturated carbocycles. The third-order valence-electron chi connectivity index (χ3n) is 4.12. The van der Waals surface area contributed by atoms with E-state index in [-0.39, 0.29) is 4.90 Å². The SMILES string of the molecule is CC(C)CN1Cc2cccc(NS(=O)(=O)c3ccc(F)c(F)c3)c2C1. The highest BCUT2D eigenvalue weighted by molar-refractivity contribution is 7.92. The van der Waals surface area contributed by atoms with E-state index in [4.69, 9.17) is 0 Å². The van der Waals surface area contributed by atoms with Gasteiger partial charge in [0, 0.05) is 19.6 Å². The van der Waals surface area contributed by atoms with E-state index in [1.165, 1.54) is 0 Å². The van der Waals surface area contributed by atoms with Gasteiger partial charge in [0.15, 0.2) is 11.6 Å². The molecule has 1 heterocycles. The summed E-state index contributed by atoms with van der Waals surface area (Å²) in [5, 5.41) is 0. The van der Waals surface area contributed by atoms with E-state index >= 15 is 0 Å². The van der Waals surface area contributed by atoms with Crippen LogP contribution in [-0.2, 0) is 23.1 Å². The summed E-state index contributed by atoms with van der Waals surface area (Å²) in [6.07, 6.45) is 0. The van der Waals surface area contributed by atoms with Crippen LogP contribution in [0.15, 0.2) is 41.3 Å². The molecule has 0 radical (unpaired) electrons. The summed E-state index contributed by atoms with van der Waals surface area (Å²) in [6.45, 7) is 6.62. The van der Waals surface area contributed by atoms with Crippen molar-refractivity contribution >= 4 is 15.7 Å². The van der Waals surface area contributed by atoms with Gasteiger partial charge in [0.2, 0.25) is 0 Å². The molecule has 1 aliphatic rings. The van der Waals surface area contributed by atoms with Crippen molar-refractivity contribution in [2.45, 2.75) is 31.8 Å². The number of anilines is 1. The Morgan fingerprint density at radius 2 is 1.88 bits per heavy atom. The van der Waals surface area contributed by atoms with Crippen molar-refractivity contribution in [2.24, 2.45) is 5.92 Å². The summed E-state index contributed by atoms with van der Waals surface area (Å²) in [6, 6.07) is 8.01. The maximum absolute atomic E-state index is 13.4. The Hall–Kier alpha value is -1.99. The molecule has 3 rings (SSSR count). The fourth-order valence-electron chi connectivity index (χ4n) is 3.08. The third-order valence-corrected chi connectivity index (χ3v) is 5.48. The van der Waals surface area contributed by atoms with Crippen LogP contribution in [0.25, 0.3) is 0 Å². The number of nitrogens with one attached hydrogen (secondary N) is 1. The van der Waals surface area contributed by atoms with E-state index in [0.29, 0.717) is 24.2 Å². The van der Waals surface area contributed by atoms with Gasteiger partial charge in [0.1, 0.15) is 0 Å². The molecule has 1 aliphatic heterocycles. The molecule has 2 aromatic carbocycles. The molecule has 0 aromatic heterocycles. The molecule has 2 aromatic rings. The average Bonchev–Trinajstić information content (AvgIpc) is 2.92. The molecule has 0 aliphatic carbocycles. The predicted octanol–water partition coefficient (Wildman–Crippen LogP) is 3.74. The Labute approximate surface area is 146 Å². The van der Waals surface area contributed by atoms with E-state index in [9.17, 15) is 17.2 Å². The zero-order chi connectivity index (χ0) is 18.2. The summed E-state index contributed by atoms with van der Waals surface area (Å²) in [4.78, 5) is 1.95. The van der Waals surface area contributed by atoms with Crippen molar-refractivity contribution in [3.05, 3.63) is 59.2 Å². The predicted molar refractivity (Wildman–Crippen MR) is 92.6 cm³/mol. The molecule has 0 bridgehead atoms. The van der Waals surface area contributed by atoms with Gasteiger partial charge in [-0.05, 0) is 41.3 Å². The van der Waals surface area contributed by atoms with Gasteiger partial charge < -0.3 is 0 Å². The fraction of sp³-hybridized carbons (Fsp3) is 0.333. The second-order valence-corrected chi connectivity index (χ2v) is 8.37. The molecule has 1 N–H and O–H groups in total. The first kappa shape index (κ1) is 17.8. The van der Waals surface area contributed by atoms with E-state index < -0.39 is 21.7 Å². The Bertz CT molecular complexity index is 898. The minimum Gasteiger partial charge on any atom is -0.294 e. The molecule has 0 amide bonds. The second kappa shape index (κ2) is 6.72. The van der Waals surface area contributed by atoms with Crippen LogP contribution in [0, 0.1) is 17.6 Å². The van der Waals surface area contributed by atoms with Crippen LogP contribution in [0.2, 0.25) is 0 Å². The van der Waals surface area contributed by atoms with Gasteiger partial charge in [-0.1, -0.05) is 26.0 Å². The van der Waals surface area contributed by atoms with Crippen LogP contribution in [-0.4, -0.2) is 19.9 Å². The zero-order valence-electron chi connectivity index (χ0n) is 14.1. The van der Waals surface area contributed by atoms with Gasteiger partial charge in [0.25, 0.3) is 10.0 Å². The normalized spacial score (nSPS) is 14.8. The first-order valence-corrected chi connectivity index (χ1v) is 9.55. The smallest absolute Gasteiger partial charge is 0.262 e. The molecule has 134 valence electrons. The van der Waals surface area contributed by atoms with Crippen LogP contribution >= 0.6 is 0 Å². The first-order valence-electron chi connectivity index (χ1n) is 8.07. The van der Waals surface area contributed by atoms with Crippen LogP contribution in [0.5, 0.6) is 0 Å². The lowest BCUT2D eigenvalue weighted by Gasteiger charge is -2.17.